The van der Waals surface area contributed by atoms with E-state index >= 15 is 0 Å². The Morgan fingerprint density at radius 1 is 0.833 bits per heavy atom. The first-order valence-corrected chi connectivity index (χ1v) is 8.29. The molecule has 0 aliphatic heterocycles. The van der Waals surface area contributed by atoms with E-state index in [-0.39, 0.29) is 17.0 Å². The van der Waals surface area contributed by atoms with E-state index in [0.717, 1.165) is 0 Å². The van der Waals surface area contributed by atoms with Crippen molar-refractivity contribution >= 4 is 11.3 Å². The minimum Gasteiger partial charge on any atom is -1.00 e. The lowest BCUT2D eigenvalue weighted by molar-refractivity contribution is -0.692. The lowest BCUT2D eigenvalue weighted by atomic mass is 10.1. The molecule has 0 amide bonds. The van der Waals surface area contributed by atoms with E-state index in [2.05, 4.69) is 28.6 Å². The summed E-state index contributed by atoms with van der Waals surface area (Å²) in [5.41, 5.74) is 2.20. The number of thiazole rings is 1. The van der Waals surface area contributed by atoms with Crippen LogP contribution in [0.5, 0.6) is 0 Å². The van der Waals surface area contributed by atoms with Crippen molar-refractivity contribution in [3.05, 3.63) is 17.1 Å². The highest BCUT2D eigenvalue weighted by Gasteiger charge is 1.99. The zero-order valence-corrected chi connectivity index (χ0v) is 14.1. The molecule has 1 heterocycles. The third-order valence-corrected chi connectivity index (χ3v) is 3.97. The third kappa shape index (κ3) is 10.1. The lowest BCUT2D eigenvalue weighted by Crippen LogP contribution is -3.00. The molecule has 0 spiro atoms. The van der Waals surface area contributed by atoms with Gasteiger partial charge in [0, 0.05) is 6.42 Å². The molecule has 0 aliphatic carbocycles. The van der Waals surface area contributed by atoms with Crippen LogP contribution in [0.15, 0.2) is 17.1 Å². The molecule has 1 aromatic heterocycles. The quantitative estimate of drug-likeness (QED) is 0.430. The molecule has 0 atom stereocenters. The standard InChI is InChI=1S/C15H28NS.BrH/c1-2-3-4-5-6-7-8-9-10-11-12-16-13-14-17-15-16;/h13-15H,2-12H2,1H3;1H/q+1;/p-1. The second-order valence-electron chi connectivity index (χ2n) is 4.95. The van der Waals surface area contributed by atoms with Gasteiger partial charge in [0.2, 0.25) is 5.51 Å². The fourth-order valence-electron chi connectivity index (χ4n) is 2.17. The van der Waals surface area contributed by atoms with Gasteiger partial charge < -0.3 is 17.0 Å². The first-order chi connectivity index (χ1) is 8.43. The molecule has 0 aromatic carbocycles. The second kappa shape index (κ2) is 13.5. The zero-order chi connectivity index (χ0) is 12.2. The molecule has 18 heavy (non-hydrogen) atoms. The van der Waals surface area contributed by atoms with E-state index in [0.29, 0.717) is 0 Å². The van der Waals surface area contributed by atoms with Crippen LogP contribution in [0.3, 0.4) is 0 Å². The van der Waals surface area contributed by atoms with E-state index in [4.69, 9.17) is 0 Å². The van der Waals surface area contributed by atoms with Crippen molar-refractivity contribution in [2.24, 2.45) is 0 Å². The number of aromatic nitrogens is 1. The zero-order valence-electron chi connectivity index (χ0n) is 11.7. The summed E-state index contributed by atoms with van der Waals surface area (Å²) < 4.78 is 2.30. The van der Waals surface area contributed by atoms with Gasteiger partial charge in [-0.2, -0.15) is 4.57 Å². The van der Waals surface area contributed by atoms with Crippen LogP contribution in [-0.4, -0.2) is 0 Å². The Kier molecular flexibility index (Phi) is 13.6. The molecule has 0 radical (unpaired) electrons. The van der Waals surface area contributed by atoms with Crippen molar-refractivity contribution in [2.45, 2.75) is 77.7 Å². The van der Waals surface area contributed by atoms with Crippen LogP contribution in [0.2, 0.25) is 0 Å². The maximum atomic E-state index is 2.30. The summed E-state index contributed by atoms with van der Waals surface area (Å²) in [6, 6.07) is 0. The molecule has 1 nitrogen and oxygen atoms in total. The van der Waals surface area contributed by atoms with Gasteiger partial charge >= 0.3 is 0 Å². The average molecular weight is 334 g/mol. The molecule has 106 valence electrons. The topological polar surface area (TPSA) is 3.88 Å². The van der Waals surface area contributed by atoms with Crippen LogP contribution in [0, 0.1) is 0 Å². The number of nitrogens with zero attached hydrogens (tertiary/aromatic N) is 1. The van der Waals surface area contributed by atoms with Crippen molar-refractivity contribution in [2.75, 3.05) is 0 Å². The molecule has 1 rings (SSSR count). The van der Waals surface area contributed by atoms with Crippen molar-refractivity contribution in [1.29, 1.82) is 0 Å². The van der Waals surface area contributed by atoms with Gasteiger partial charge in [0.05, 0.1) is 5.38 Å². The highest BCUT2D eigenvalue weighted by molar-refractivity contribution is 7.07. The predicted molar refractivity (Wildman–Crippen MR) is 76.4 cm³/mol. The van der Waals surface area contributed by atoms with E-state index in [1.54, 1.807) is 11.3 Å². The van der Waals surface area contributed by atoms with E-state index in [1.807, 2.05) is 0 Å². The minimum atomic E-state index is 0. The van der Waals surface area contributed by atoms with Gasteiger partial charge in [-0.1, -0.05) is 69.6 Å². The van der Waals surface area contributed by atoms with Gasteiger partial charge in [-0.15, -0.1) is 0 Å². The molecule has 0 saturated carbocycles. The van der Waals surface area contributed by atoms with E-state index in [1.165, 1.54) is 70.8 Å². The van der Waals surface area contributed by atoms with Crippen LogP contribution < -0.4 is 21.5 Å². The minimum absolute atomic E-state index is 0. The Morgan fingerprint density at radius 2 is 1.39 bits per heavy atom. The number of hydrogen-bond donors (Lipinski definition) is 0. The number of rotatable bonds is 11. The third-order valence-electron chi connectivity index (χ3n) is 3.30. The SMILES string of the molecule is CCCCCCCCCCCC[n+]1ccsc1.[Br-]. The Balaban J connectivity index is 0.00000289. The summed E-state index contributed by atoms with van der Waals surface area (Å²) in [4.78, 5) is 0. The van der Waals surface area contributed by atoms with Crippen LogP contribution in [0.1, 0.15) is 71.1 Å². The van der Waals surface area contributed by atoms with Gasteiger partial charge in [0.15, 0.2) is 6.20 Å². The fourth-order valence-corrected chi connectivity index (χ4v) is 2.80. The monoisotopic (exact) mass is 333 g/mol. The number of halogens is 1. The van der Waals surface area contributed by atoms with Gasteiger partial charge in [-0.05, 0) is 6.42 Å². The first-order valence-electron chi connectivity index (χ1n) is 7.34. The Labute approximate surface area is 127 Å². The van der Waals surface area contributed by atoms with Crippen molar-refractivity contribution in [3.8, 4) is 0 Å². The van der Waals surface area contributed by atoms with Gasteiger partial charge in [0.25, 0.3) is 0 Å². The van der Waals surface area contributed by atoms with Gasteiger partial charge in [0.1, 0.15) is 6.54 Å². The summed E-state index contributed by atoms with van der Waals surface area (Å²) >= 11 is 1.78. The lowest BCUT2D eigenvalue weighted by Gasteiger charge is -2.00. The fraction of sp³-hybridized carbons (Fsp3) is 0.800. The van der Waals surface area contributed by atoms with E-state index in [9.17, 15) is 0 Å². The molecule has 0 bridgehead atoms. The number of aryl methyl sites for hydroxylation is 1. The first kappa shape index (κ1) is 18.1. The molecular weight excluding hydrogens is 306 g/mol. The molecular formula is C15H28BrNS. The Hall–Kier alpha value is 0.110. The summed E-state index contributed by atoms with van der Waals surface area (Å²) in [6.07, 6.45) is 16.4. The van der Waals surface area contributed by atoms with Gasteiger partial charge in [-0.25, -0.2) is 0 Å². The number of unbranched alkanes of at least 4 members (excludes halogenated alkanes) is 9. The second-order valence-corrected chi connectivity index (χ2v) is 5.70. The molecule has 1 aromatic rings. The predicted octanol–water partition coefficient (Wildman–Crippen LogP) is 1.96. The molecule has 3 heteroatoms. The van der Waals surface area contributed by atoms with E-state index < -0.39 is 0 Å². The smallest absolute Gasteiger partial charge is 0.224 e. The van der Waals surface area contributed by atoms with Crippen LogP contribution in [0.4, 0.5) is 0 Å². The van der Waals surface area contributed by atoms with Crippen LogP contribution in [0.25, 0.3) is 0 Å². The van der Waals surface area contributed by atoms with Crippen molar-refractivity contribution in [1.82, 2.24) is 0 Å². The molecule has 0 aliphatic rings. The molecule has 0 saturated heterocycles. The summed E-state index contributed by atoms with van der Waals surface area (Å²) in [6.45, 7) is 3.49. The number of hydrogen-bond acceptors (Lipinski definition) is 1. The van der Waals surface area contributed by atoms with Crippen molar-refractivity contribution < 1.29 is 21.5 Å². The van der Waals surface area contributed by atoms with Crippen LogP contribution >= 0.6 is 11.3 Å². The van der Waals surface area contributed by atoms with Crippen molar-refractivity contribution in [3.63, 3.8) is 0 Å². The molecule has 0 unspecified atom stereocenters. The van der Waals surface area contributed by atoms with Gasteiger partial charge in [-0.3, -0.25) is 0 Å². The Bertz CT molecular complexity index is 249. The average Bonchev–Trinajstić information content (AvgIpc) is 2.85. The largest absolute Gasteiger partial charge is 1.00 e. The maximum Gasteiger partial charge on any atom is 0.224 e. The summed E-state index contributed by atoms with van der Waals surface area (Å²) in [7, 11) is 0. The molecule has 0 fully saturated rings. The Morgan fingerprint density at radius 3 is 1.89 bits per heavy atom. The molecule has 0 N–H and O–H groups in total. The maximum absolute atomic E-state index is 2.30. The highest BCUT2D eigenvalue weighted by atomic mass is 79.9. The highest BCUT2D eigenvalue weighted by Crippen LogP contribution is 2.10. The van der Waals surface area contributed by atoms with Crippen LogP contribution in [-0.2, 0) is 6.54 Å². The summed E-state index contributed by atoms with van der Waals surface area (Å²) in [5.74, 6) is 0. The normalized spacial score (nSPS) is 10.3. The summed E-state index contributed by atoms with van der Waals surface area (Å²) in [5, 5.41) is 2.15.